The molecular formula is C16H32KLiO4. The number of unbranched alkanes of at least 4 members (excludes halogenated alkanes) is 9. The summed E-state index contributed by atoms with van der Waals surface area (Å²) in [5.41, 5.74) is -1.62. The molecule has 0 fully saturated rings. The third-order valence-corrected chi connectivity index (χ3v) is 3.97. The van der Waals surface area contributed by atoms with E-state index in [1.54, 1.807) is 0 Å². The summed E-state index contributed by atoms with van der Waals surface area (Å²) in [5.74, 6) is -2.47. The Balaban J connectivity index is -0.00000180. The van der Waals surface area contributed by atoms with E-state index in [1.165, 1.54) is 51.9 Å². The molecule has 0 amide bonds. The van der Waals surface area contributed by atoms with Crippen LogP contribution < -0.4 is 0 Å². The number of carbonyl (C=O) groups is 2. The SMILES string of the molecule is CCCCCCCCCCCCC(C)(C(=O)O)C(=O)O.[KH].[LiH]. The zero-order valence-electron chi connectivity index (χ0n) is 13.0. The van der Waals surface area contributed by atoms with E-state index in [9.17, 15) is 9.59 Å². The van der Waals surface area contributed by atoms with Crippen molar-refractivity contribution in [2.75, 3.05) is 0 Å². The predicted octanol–water partition coefficient (Wildman–Crippen LogP) is 3.18. The molecule has 4 nitrogen and oxygen atoms in total. The van der Waals surface area contributed by atoms with Gasteiger partial charge in [0.2, 0.25) is 0 Å². The number of aliphatic carboxylic acids is 2. The van der Waals surface area contributed by atoms with Crippen molar-refractivity contribution in [3.05, 3.63) is 0 Å². The summed E-state index contributed by atoms with van der Waals surface area (Å²) in [6, 6.07) is 0. The van der Waals surface area contributed by atoms with Crippen LogP contribution in [-0.4, -0.2) is 92.4 Å². The van der Waals surface area contributed by atoms with Gasteiger partial charge in [-0.2, -0.15) is 0 Å². The van der Waals surface area contributed by atoms with Gasteiger partial charge in [-0.25, -0.2) is 0 Å². The Morgan fingerprint density at radius 2 is 1.09 bits per heavy atom. The molecule has 0 aromatic rings. The second-order valence-corrected chi connectivity index (χ2v) is 5.87. The van der Waals surface area contributed by atoms with Gasteiger partial charge < -0.3 is 10.2 Å². The number of hydrogen-bond donors (Lipinski definition) is 2. The van der Waals surface area contributed by atoms with Crippen molar-refractivity contribution < 1.29 is 19.8 Å². The molecule has 0 aromatic heterocycles. The van der Waals surface area contributed by atoms with Gasteiger partial charge >= 0.3 is 82.2 Å². The maximum absolute atomic E-state index is 11.0. The Hall–Kier alpha value is 1.17. The van der Waals surface area contributed by atoms with E-state index < -0.39 is 17.4 Å². The van der Waals surface area contributed by atoms with E-state index in [1.807, 2.05) is 0 Å². The van der Waals surface area contributed by atoms with Gasteiger partial charge in [0.25, 0.3) is 0 Å². The van der Waals surface area contributed by atoms with Crippen LogP contribution in [0.5, 0.6) is 0 Å². The Kier molecular flexibility index (Phi) is 21.6. The summed E-state index contributed by atoms with van der Waals surface area (Å²) in [5, 5.41) is 17.9. The van der Waals surface area contributed by atoms with Crippen LogP contribution in [0.2, 0.25) is 0 Å². The van der Waals surface area contributed by atoms with E-state index in [0.29, 0.717) is 6.42 Å². The molecule has 0 bridgehead atoms. The quantitative estimate of drug-likeness (QED) is 0.308. The van der Waals surface area contributed by atoms with Crippen molar-refractivity contribution in [1.29, 1.82) is 0 Å². The molecule has 0 radical (unpaired) electrons. The summed E-state index contributed by atoms with van der Waals surface area (Å²) < 4.78 is 0. The molecule has 0 rings (SSSR count). The van der Waals surface area contributed by atoms with Gasteiger partial charge in [0.05, 0.1) is 0 Å². The van der Waals surface area contributed by atoms with Crippen LogP contribution in [0, 0.1) is 5.41 Å². The van der Waals surface area contributed by atoms with Crippen LogP contribution in [0.4, 0.5) is 0 Å². The van der Waals surface area contributed by atoms with Crippen LogP contribution in [0.15, 0.2) is 0 Å². The first-order chi connectivity index (χ1) is 9.45. The van der Waals surface area contributed by atoms with Gasteiger partial charge in [0.15, 0.2) is 5.41 Å². The van der Waals surface area contributed by atoms with Crippen molar-refractivity contribution in [2.45, 2.75) is 84.5 Å². The van der Waals surface area contributed by atoms with E-state index in [-0.39, 0.29) is 76.7 Å². The van der Waals surface area contributed by atoms with Gasteiger partial charge in [0, 0.05) is 0 Å². The summed E-state index contributed by atoms with van der Waals surface area (Å²) in [6.07, 6.45) is 11.8. The first-order valence-electron chi connectivity index (χ1n) is 7.92. The fraction of sp³-hybridized carbons (Fsp3) is 0.875. The Bertz CT molecular complexity index is 284. The predicted molar refractivity (Wildman–Crippen MR) is 94.1 cm³/mol. The Labute approximate surface area is 189 Å². The zero-order valence-corrected chi connectivity index (χ0v) is 13.0. The van der Waals surface area contributed by atoms with E-state index >= 15 is 0 Å². The molecule has 2 N–H and O–H groups in total. The maximum atomic E-state index is 11.0. The average Bonchev–Trinajstić information content (AvgIpc) is 2.40. The van der Waals surface area contributed by atoms with E-state index in [4.69, 9.17) is 10.2 Å². The fourth-order valence-electron chi connectivity index (χ4n) is 2.27. The fourth-order valence-corrected chi connectivity index (χ4v) is 2.27. The van der Waals surface area contributed by atoms with Crippen LogP contribution in [-0.2, 0) is 9.59 Å². The van der Waals surface area contributed by atoms with E-state index in [0.717, 1.165) is 12.8 Å². The van der Waals surface area contributed by atoms with E-state index in [2.05, 4.69) is 6.92 Å². The molecule has 0 saturated carbocycles. The Morgan fingerprint density at radius 1 is 0.773 bits per heavy atom. The summed E-state index contributed by atoms with van der Waals surface area (Å²) in [4.78, 5) is 21.9. The standard InChI is InChI=1S/C16H30O4.K.Li.2H/c1-3-4-5-6-7-8-9-10-11-12-13-16(2,14(17)18)15(19)20;;;;/h3-13H2,1-2H3,(H,17,18)(H,19,20);;;;. The first-order valence-corrected chi connectivity index (χ1v) is 7.92. The molecule has 0 aliphatic heterocycles. The minimum atomic E-state index is -1.62. The minimum absolute atomic E-state index is 0. The molecule has 0 aliphatic carbocycles. The second kappa shape index (κ2) is 17.0. The van der Waals surface area contributed by atoms with Gasteiger partial charge in [-0.1, -0.05) is 71.1 Å². The summed E-state index contributed by atoms with van der Waals surface area (Å²) in [6.45, 7) is 3.51. The molecule has 0 heterocycles. The van der Waals surface area contributed by atoms with Crippen LogP contribution in [0.3, 0.4) is 0 Å². The van der Waals surface area contributed by atoms with Crippen LogP contribution in [0.25, 0.3) is 0 Å². The molecule has 0 atom stereocenters. The molecule has 0 unspecified atom stereocenters. The molecule has 122 valence electrons. The monoisotopic (exact) mass is 334 g/mol. The van der Waals surface area contributed by atoms with Crippen molar-refractivity contribution in [3.8, 4) is 0 Å². The number of carboxylic acids is 2. The second-order valence-electron chi connectivity index (χ2n) is 5.87. The van der Waals surface area contributed by atoms with Crippen molar-refractivity contribution in [2.24, 2.45) is 5.41 Å². The summed E-state index contributed by atoms with van der Waals surface area (Å²) >= 11 is 0. The number of hydrogen-bond acceptors (Lipinski definition) is 2. The normalized spacial score (nSPS) is 10.5. The third-order valence-electron chi connectivity index (χ3n) is 3.97. The molecule has 0 aliphatic rings. The third kappa shape index (κ3) is 12.6. The first kappa shape index (κ1) is 28.0. The molecule has 0 spiro atoms. The van der Waals surface area contributed by atoms with Gasteiger partial charge in [-0.3, -0.25) is 9.59 Å². The van der Waals surface area contributed by atoms with Crippen molar-refractivity contribution in [3.63, 3.8) is 0 Å². The van der Waals surface area contributed by atoms with Crippen molar-refractivity contribution in [1.82, 2.24) is 0 Å². The topological polar surface area (TPSA) is 74.6 Å². The average molecular weight is 334 g/mol. The van der Waals surface area contributed by atoms with Crippen LogP contribution >= 0.6 is 0 Å². The van der Waals surface area contributed by atoms with Gasteiger partial charge in [-0.05, 0) is 13.3 Å². The molecule has 22 heavy (non-hydrogen) atoms. The zero-order chi connectivity index (χ0) is 15.4. The molecular weight excluding hydrogens is 302 g/mol. The van der Waals surface area contributed by atoms with Crippen LogP contribution in [0.1, 0.15) is 84.5 Å². The summed E-state index contributed by atoms with van der Waals surface area (Å²) in [7, 11) is 0. The van der Waals surface area contributed by atoms with Gasteiger partial charge in [-0.15, -0.1) is 0 Å². The number of rotatable bonds is 13. The Morgan fingerprint density at radius 3 is 1.41 bits per heavy atom. The van der Waals surface area contributed by atoms with Gasteiger partial charge in [0.1, 0.15) is 0 Å². The number of carboxylic acid groups (broad SMARTS) is 2. The molecule has 0 aromatic carbocycles. The molecule has 0 saturated heterocycles. The molecule has 6 heteroatoms. The van der Waals surface area contributed by atoms with Crippen molar-refractivity contribution >= 4 is 82.2 Å².